The van der Waals surface area contributed by atoms with Crippen LogP contribution in [0.2, 0.25) is 0 Å². The molecule has 1 aliphatic heterocycles. The first-order valence-corrected chi connectivity index (χ1v) is 15.0. The summed E-state index contributed by atoms with van der Waals surface area (Å²) in [6.45, 7) is 6.60. The van der Waals surface area contributed by atoms with Gasteiger partial charge in [0.2, 0.25) is 0 Å². The van der Waals surface area contributed by atoms with E-state index in [1.54, 1.807) is 24.3 Å². The van der Waals surface area contributed by atoms with Gasteiger partial charge in [0.1, 0.15) is 16.1 Å². The summed E-state index contributed by atoms with van der Waals surface area (Å²) in [5, 5.41) is 6.67. The zero-order chi connectivity index (χ0) is 26.5. The van der Waals surface area contributed by atoms with Crippen molar-refractivity contribution in [1.29, 1.82) is 0 Å². The van der Waals surface area contributed by atoms with E-state index in [0.29, 0.717) is 40.3 Å². The van der Waals surface area contributed by atoms with Crippen LogP contribution in [0.15, 0.2) is 39.5 Å². The molecule has 10 heteroatoms. The fourth-order valence-electron chi connectivity index (χ4n) is 5.21. The molecule has 5 rings (SSSR count). The van der Waals surface area contributed by atoms with Gasteiger partial charge in [-0.05, 0) is 54.7 Å². The van der Waals surface area contributed by atoms with Gasteiger partial charge in [0.25, 0.3) is 11.8 Å². The zero-order valence-electron chi connectivity index (χ0n) is 21.1. The van der Waals surface area contributed by atoms with Crippen molar-refractivity contribution >= 4 is 49.0 Å². The molecule has 196 valence electrons. The number of hydrogen-bond acceptors (Lipinski definition) is 7. The van der Waals surface area contributed by atoms with E-state index in [1.165, 1.54) is 17.4 Å². The van der Waals surface area contributed by atoms with Crippen molar-refractivity contribution in [2.45, 2.75) is 52.5 Å². The summed E-state index contributed by atoms with van der Waals surface area (Å²) < 4.78 is 29.2. The molecule has 37 heavy (non-hydrogen) atoms. The van der Waals surface area contributed by atoms with Crippen LogP contribution in [0.3, 0.4) is 0 Å². The number of carbonyl (C=O) groups is 2. The number of hydrogen-bond donors (Lipinski definition) is 2. The highest BCUT2D eigenvalue weighted by Crippen LogP contribution is 2.44. The minimum atomic E-state index is -3.17. The summed E-state index contributed by atoms with van der Waals surface area (Å²) in [4.78, 5) is 40.3. The molecule has 2 aliphatic rings. The molecule has 0 saturated carbocycles. The molecule has 1 aliphatic carbocycles. The Kier molecular flexibility index (Phi) is 6.52. The molecular formula is C27H30N2O6S2. The van der Waals surface area contributed by atoms with Crippen LogP contribution >= 0.6 is 11.3 Å². The van der Waals surface area contributed by atoms with E-state index < -0.39 is 33.3 Å². The predicted octanol–water partition coefficient (Wildman–Crippen LogP) is 4.17. The van der Waals surface area contributed by atoms with E-state index in [0.717, 1.165) is 23.3 Å². The summed E-state index contributed by atoms with van der Waals surface area (Å²) >= 11 is 1.36. The second-order valence-corrected chi connectivity index (χ2v) is 14.4. The first kappa shape index (κ1) is 25.7. The van der Waals surface area contributed by atoms with E-state index in [2.05, 4.69) is 31.4 Å². The van der Waals surface area contributed by atoms with Gasteiger partial charge in [-0.3, -0.25) is 9.59 Å². The second-order valence-electron chi connectivity index (χ2n) is 11.0. The monoisotopic (exact) mass is 542 g/mol. The topological polar surface area (TPSA) is 123 Å². The molecule has 3 aromatic rings. The molecule has 8 nitrogen and oxygen atoms in total. The summed E-state index contributed by atoms with van der Waals surface area (Å²) in [5.74, 6) is -0.658. The van der Waals surface area contributed by atoms with Gasteiger partial charge in [-0.1, -0.05) is 39.0 Å². The molecular weight excluding hydrogens is 512 g/mol. The number of thiophene rings is 1. The zero-order valence-corrected chi connectivity index (χ0v) is 22.7. The Hall–Kier alpha value is -2.98. The van der Waals surface area contributed by atoms with Crippen LogP contribution in [-0.4, -0.2) is 37.8 Å². The largest absolute Gasteiger partial charge is 0.422 e. The smallest absolute Gasteiger partial charge is 0.349 e. The van der Waals surface area contributed by atoms with Gasteiger partial charge in [-0.25, -0.2) is 13.2 Å². The molecule has 2 aromatic heterocycles. The Balaban J connectivity index is 1.49. The molecule has 2 unspecified atom stereocenters. The van der Waals surface area contributed by atoms with Crippen molar-refractivity contribution in [3.05, 3.63) is 62.3 Å². The standard InChI is InChI=1S/C27H30N2O6S2/c1-27(2,3)16-8-9-18-21(13-16)36-25(22(18)24(31)28-17-10-11-37(33,34)14-17)29-23(30)19-12-15-6-4-5-7-20(15)35-26(19)32/h4-7,12,16-17H,8-11,13-14H2,1-3H3,(H,28,31)(H,29,30). The maximum absolute atomic E-state index is 13.5. The lowest BCUT2D eigenvalue weighted by Gasteiger charge is -2.33. The number of anilines is 1. The van der Waals surface area contributed by atoms with Gasteiger partial charge in [0.05, 0.1) is 17.1 Å². The molecule has 0 radical (unpaired) electrons. The lowest BCUT2D eigenvalue weighted by Crippen LogP contribution is -2.36. The van der Waals surface area contributed by atoms with E-state index in [-0.39, 0.29) is 22.5 Å². The van der Waals surface area contributed by atoms with Gasteiger partial charge in [0.15, 0.2) is 9.84 Å². The third kappa shape index (κ3) is 5.22. The third-order valence-corrected chi connectivity index (χ3v) is 10.3. The van der Waals surface area contributed by atoms with Crippen molar-refractivity contribution in [2.24, 2.45) is 11.3 Å². The number of fused-ring (bicyclic) bond motifs is 2. The first-order valence-electron chi connectivity index (χ1n) is 12.4. The van der Waals surface area contributed by atoms with Crippen LogP contribution < -0.4 is 16.3 Å². The van der Waals surface area contributed by atoms with Crippen molar-refractivity contribution < 1.29 is 22.4 Å². The van der Waals surface area contributed by atoms with Gasteiger partial charge < -0.3 is 15.1 Å². The second kappa shape index (κ2) is 9.40. The summed E-state index contributed by atoms with van der Waals surface area (Å²) in [6.07, 6.45) is 2.75. The number of amides is 2. The molecule has 1 aromatic carbocycles. The fourth-order valence-corrected chi connectivity index (χ4v) is 8.20. The van der Waals surface area contributed by atoms with Crippen molar-refractivity contribution in [3.63, 3.8) is 0 Å². The minimum Gasteiger partial charge on any atom is -0.422 e. The van der Waals surface area contributed by atoms with Gasteiger partial charge in [0, 0.05) is 16.3 Å². The molecule has 2 amide bonds. The van der Waals surface area contributed by atoms with Crippen molar-refractivity contribution in [2.75, 3.05) is 16.8 Å². The number of nitrogens with one attached hydrogen (secondary N) is 2. The quantitative estimate of drug-likeness (QED) is 0.477. The lowest BCUT2D eigenvalue weighted by atomic mass is 9.72. The van der Waals surface area contributed by atoms with E-state index in [4.69, 9.17) is 4.42 Å². The Bertz CT molecular complexity index is 1560. The van der Waals surface area contributed by atoms with E-state index in [1.807, 2.05) is 0 Å². The van der Waals surface area contributed by atoms with Gasteiger partial charge >= 0.3 is 5.63 Å². The van der Waals surface area contributed by atoms with Crippen molar-refractivity contribution in [1.82, 2.24) is 5.32 Å². The summed E-state index contributed by atoms with van der Waals surface area (Å²) in [7, 11) is -3.17. The minimum absolute atomic E-state index is 0.0499. The Morgan fingerprint density at radius 3 is 2.57 bits per heavy atom. The van der Waals surface area contributed by atoms with Gasteiger partial charge in [-0.15, -0.1) is 11.3 Å². The van der Waals surface area contributed by atoms with Crippen LogP contribution in [0.5, 0.6) is 0 Å². The molecule has 2 N–H and O–H groups in total. The normalized spacial score (nSPS) is 20.9. The van der Waals surface area contributed by atoms with Crippen LogP contribution in [0.4, 0.5) is 5.00 Å². The number of sulfone groups is 1. The lowest BCUT2D eigenvalue weighted by molar-refractivity contribution is 0.0941. The highest BCUT2D eigenvalue weighted by molar-refractivity contribution is 7.91. The van der Waals surface area contributed by atoms with Crippen LogP contribution in [-0.2, 0) is 22.7 Å². The highest BCUT2D eigenvalue weighted by atomic mass is 32.2. The molecule has 0 spiro atoms. The summed E-state index contributed by atoms with van der Waals surface area (Å²) in [6, 6.07) is 7.96. The fraction of sp³-hybridized carbons (Fsp3) is 0.444. The summed E-state index contributed by atoms with van der Waals surface area (Å²) in [5.41, 5.74) is 0.837. The average Bonchev–Trinajstić information content (AvgIpc) is 3.35. The Labute approximate surface area is 219 Å². The Morgan fingerprint density at radius 1 is 1.11 bits per heavy atom. The molecule has 1 fully saturated rings. The Morgan fingerprint density at radius 2 is 1.86 bits per heavy atom. The van der Waals surface area contributed by atoms with E-state index in [9.17, 15) is 22.8 Å². The maximum Gasteiger partial charge on any atom is 0.349 e. The number of para-hydroxylation sites is 1. The number of benzene rings is 1. The highest BCUT2D eigenvalue weighted by Gasteiger charge is 2.36. The third-order valence-electron chi connectivity index (χ3n) is 7.40. The molecule has 3 heterocycles. The maximum atomic E-state index is 13.5. The predicted molar refractivity (Wildman–Crippen MR) is 144 cm³/mol. The van der Waals surface area contributed by atoms with Crippen molar-refractivity contribution in [3.8, 4) is 0 Å². The van der Waals surface area contributed by atoms with E-state index >= 15 is 0 Å². The molecule has 2 atom stereocenters. The number of carbonyl (C=O) groups excluding carboxylic acids is 2. The van der Waals surface area contributed by atoms with Crippen LogP contribution in [0.25, 0.3) is 11.0 Å². The van der Waals surface area contributed by atoms with Crippen LogP contribution in [0, 0.1) is 11.3 Å². The first-order chi connectivity index (χ1) is 17.4. The molecule has 1 saturated heterocycles. The van der Waals surface area contributed by atoms with Crippen LogP contribution in [0.1, 0.15) is 64.8 Å². The number of rotatable bonds is 4. The van der Waals surface area contributed by atoms with Gasteiger partial charge in [-0.2, -0.15) is 0 Å². The molecule has 0 bridgehead atoms. The average molecular weight is 543 g/mol. The SMILES string of the molecule is CC(C)(C)C1CCc2c(sc(NC(=O)c3cc4ccccc4oc3=O)c2C(=O)NC2CCS(=O)(=O)C2)C1.